The molecule has 0 fully saturated rings. The molecule has 1 heterocycles. The van der Waals surface area contributed by atoms with Crippen molar-refractivity contribution in [3.8, 4) is 5.75 Å². The summed E-state index contributed by atoms with van der Waals surface area (Å²) >= 11 is 1.36. The number of rotatable bonds is 7. The first-order valence-electron chi connectivity index (χ1n) is 7.64. The molecule has 0 radical (unpaired) electrons. The standard InChI is InChI=1S/C17H18N2O5S/c1-2-23-17(22)24-13-7-5-12(6-8-13)15(20)18-9-10-19-16(21)14-4-3-11-25-14/h3-8,11H,2,9-10H2,1H3,(H,18,20)(H,19,21). The molecule has 2 amide bonds. The van der Waals surface area contributed by atoms with E-state index < -0.39 is 6.16 Å². The molecule has 0 bridgehead atoms. The summed E-state index contributed by atoms with van der Waals surface area (Å²) < 4.78 is 9.57. The van der Waals surface area contributed by atoms with Gasteiger partial charge in [-0.15, -0.1) is 11.3 Å². The van der Waals surface area contributed by atoms with Crippen LogP contribution in [0, 0.1) is 0 Å². The minimum Gasteiger partial charge on any atom is -0.434 e. The molecule has 0 saturated carbocycles. The van der Waals surface area contributed by atoms with Crippen molar-refractivity contribution in [2.75, 3.05) is 19.7 Å². The predicted molar refractivity (Wildman–Crippen MR) is 93.1 cm³/mol. The molecular formula is C17H18N2O5S. The molecule has 0 aliphatic carbocycles. The number of hydrogen-bond acceptors (Lipinski definition) is 6. The summed E-state index contributed by atoms with van der Waals surface area (Å²) in [4.78, 5) is 35.5. The monoisotopic (exact) mass is 362 g/mol. The number of nitrogens with one attached hydrogen (secondary N) is 2. The Hall–Kier alpha value is -2.87. The molecule has 0 unspecified atom stereocenters. The van der Waals surface area contributed by atoms with E-state index in [2.05, 4.69) is 15.4 Å². The van der Waals surface area contributed by atoms with Gasteiger partial charge in [-0.2, -0.15) is 0 Å². The van der Waals surface area contributed by atoms with Crippen LogP contribution in [-0.4, -0.2) is 37.7 Å². The first-order valence-corrected chi connectivity index (χ1v) is 8.52. The van der Waals surface area contributed by atoms with Crippen LogP contribution in [0.2, 0.25) is 0 Å². The largest absolute Gasteiger partial charge is 0.513 e. The van der Waals surface area contributed by atoms with E-state index in [1.54, 1.807) is 19.1 Å². The molecule has 0 atom stereocenters. The maximum absolute atomic E-state index is 12.0. The lowest BCUT2D eigenvalue weighted by molar-refractivity contribution is 0.0929. The molecule has 2 N–H and O–H groups in total. The molecular weight excluding hydrogens is 344 g/mol. The van der Waals surface area contributed by atoms with Gasteiger partial charge < -0.3 is 20.1 Å². The van der Waals surface area contributed by atoms with Gasteiger partial charge in [0.05, 0.1) is 11.5 Å². The quantitative estimate of drug-likeness (QED) is 0.448. The van der Waals surface area contributed by atoms with Gasteiger partial charge in [-0.3, -0.25) is 9.59 Å². The van der Waals surface area contributed by atoms with E-state index in [-0.39, 0.29) is 18.4 Å². The van der Waals surface area contributed by atoms with Gasteiger partial charge in [0, 0.05) is 18.7 Å². The number of ether oxygens (including phenoxy) is 2. The summed E-state index contributed by atoms with van der Waals surface area (Å²) in [5, 5.41) is 7.24. The highest BCUT2D eigenvalue weighted by Gasteiger charge is 2.09. The average molecular weight is 362 g/mol. The van der Waals surface area contributed by atoms with Gasteiger partial charge in [0.1, 0.15) is 5.75 Å². The Morgan fingerprint density at radius 2 is 1.68 bits per heavy atom. The molecule has 0 aliphatic heterocycles. The lowest BCUT2D eigenvalue weighted by atomic mass is 10.2. The Balaban J connectivity index is 1.73. The lowest BCUT2D eigenvalue weighted by Gasteiger charge is -2.07. The van der Waals surface area contributed by atoms with Crippen LogP contribution in [0.3, 0.4) is 0 Å². The van der Waals surface area contributed by atoms with E-state index in [4.69, 9.17) is 4.74 Å². The van der Waals surface area contributed by atoms with Gasteiger partial charge in [0.25, 0.3) is 11.8 Å². The fourth-order valence-electron chi connectivity index (χ4n) is 1.87. The molecule has 1 aromatic heterocycles. The molecule has 1 aromatic carbocycles. The second-order valence-corrected chi connectivity index (χ2v) is 5.75. The van der Waals surface area contributed by atoms with Crippen LogP contribution in [0.5, 0.6) is 5.75 Å². The summed E-state index contributed by atoms with van der Waals surface area (Å²) in [5.74, 6) is -0.156. The minimum atomic E-state index is -0.791. The number of carbonyl (C=O) groups is 3. The highest BCUT2D eigenvalue weighted by atomic mass is 32.1. The van der Waals surface area contributed by atoms with Crippen molar-refractivity contribution in [3.05, 3.63) is 52.2 Å². The summed E-state index contributed by atoms with van der Waals surface area (Å²) in [6, 6.07) is 9.62. The van der Waals surface area contributed by atoms with E-state index in [1.807, 2.05) is 5.38 Å². The summed E-state index contributed by atoms with van der Waals surface area (Å²) in [6.07, 6.45) is -0.791. The van der Waals surface area contributed by atoms with Crippen molar-refractivity contribution < 1.29 is 23.9 Å². The fourth-order valence-corrected chi connectivity index (χ4v) is 2.51. The third-order valence-corrected chi connectivity index (χ3v) is 3.89. The van der Waals surface area contributed by atoms with E-state index in [1.165, 1.54) is 35.6 Å². The van der Waals surface area contributed by atoms with Crippen molar-refractivity contribution in [1.29, 1.82) is 0 Å². The second kappa shape index (κ2) is 9.43. The average Bonchev–Trinajstić information content (AvgIpc) is 3.14. The van der Waals surface area contributed by atoms with Crippen molar-refractivity contribution in [2.24, 2.45) is 0 Å². The van der Waals surface area contributed by atoms with Crippen LogP contribution in [0.15, 0.2) is 41.8 Å². The van der Waals surface area contributed by atoms with E-state index in [9.17, 15) is 14.4 Å². The zero-order valence-corrected chi connectivity index (χ0v) is 14.4. The van der Waals surface area contributed by atoms with Crippen LogP contribution in [-0.2, 0) is 4.74 Å². The fraction of sp³-hybridized carbons (Fsp3) is 0.235. The second-order valence-electron chi connectivity index (χ2n) is 4.80. The van der Waals surface area contributed by atoms with Gasteiger partial charge >= 0.3 is 6.16 Å². The molecule has 25 heavy (non-hydrogen) atoms. The third-order valence-electron chi connectivity index (χ3n) is 3.02. The van der Waals surface area contributed by atoms with Crippen LogP contribution in [0.1, 0.15) is 27.0 Å². The van der Waals surface area contributed by atoms with Gasteiger partial charge in [-0.25, -0.2) is 4.79 Å². The maximum atomic E-state index is 12.0. The summed E-state index contributed by atoms with van der Waals surface area (Å²) in [5.41, 5.74) is 0.417. The zero-order chi connectivity index (χ0) is 18.1. The van der Waals surface area contributed by atoms with Crippen molar-refractivity contribution in [2.45, 2.75) is 6.92 Å². The van der Waals surface area contributed by atoms with Gasteiger partial charge in [0.15, 0.2) is 0 Å². The third kappa shape index (κ3) is 5.92. The molecule has 2 rings (SSSR count). The van der Waals surface area contributed by atoms with E-state index in [0.717, 1.165) is 0 Å². The van der Waals surface area contributed by atoms with Gasteiger partial charge in [0.2, 0.25) is 0 Å². The molecule has 0 saturated heterocycles. The van der Waals surface area contributed by atoms with Crippen LogP contribution in [0.25, 0.3) is 0 Å². The summed E-state index contributed by atoms with van der Waals surface area (Å²) in [6.45, 7) is 2.53. The smallest absolute Gasteiger partial charge is 0.434 e. The van der Waals surface area contributed by atoms with E-state index in [0.29, 0.717) is 29.3 Å². The number of benzene rings is 1. The molecule has 2 aromatic rings. The zero-order valence-electron chi connectivity index (χ0n) is 13.6. The molecule has 0 spiro atoms. The summed E-state index contributed by atoms with van der Waals surface area (Å²) in [7, 11) is 0. The molecule has 0 aliphatic rings. The Bertz CT molecular complexity index is 713. The first kappa shape index (κ1) is 18.5. The van der Waals surface area contributed by atoms with Crippen molar-refractivity contribution in [3.63, 3.8) is 0 Å². The normalized spacial score (nSPS) is 9.96. The Labute approximate surface area is 148 Å². The maximum Gasteiger partial charge on any atom is 0.513 e. The minimum absolute atomic E-state index is 0.162. The molecule has 7 nitrogen and oxygen atoms in total. The van der Waals surface area contributed by atoms with E-state index >= 15 is 0 Å². The van der Waals surface area contributed by atoms with Gasteiger partial charge in [-0.1, -0.05) is 6.07 Å². The Kier molecular flexibility index (Phi) is 6.97. The number of hydrogen-bond donors (Lipinski definition) is 2. The predicted octanol–water partition coefficient (Wildman–Crippen LogP) is 2.44. The van der Waals surface area contributed by atoms with Gasteiger partial charge in [-0.05, 0) is 42.6 Å². The van der Waals surface area contributed by atoms with Crippen LogP contribution >= 0.6 is 11.3 Å². The van der Waals surface area contributed by atoms with Crippen LogP contribution in [0.4, 0.5) is 4.79 Å². The highest BCUT2D eigenvalue weighted by molar-refractivity contribution is 7.12. The number of thiophene rings is 1. The topological polar surface area (TPSA) is 93.7 Å². The first-order chi connectivity index (χ1) is 12.1. The Morgan fingerprint density at radius 1 is 1.00 bits per heavy atom. The van der Waals surface area contributed by atoms with Crippen LogP contribution < -0.4 is 15.4 Å². The van der Waals surface area contributed by atoms with Crippen molar-refractivity contribution in [1.82, 2.24) is 10.6 Å². The molecule has 132 valence electrons. The SMILES string of the molecule is CCOC(=O)Oc1ccc(C(=O)NCCNC(=O)c2cccs2)cc1. The Morgan fingerprint density at radius 3 is 2.28 bits per heavy atom. The van der Waals surface area contributed by atoms with Crippen molar-refractivity contribution >= 4 is 29.3 Å². The lowest BCUT2D eigenvalue weighted by Crippen LogP contribution is -2.34. The highest BCUT2D eigenvalue weighted by Crippen LogP contribution is 2.13. The molecule has 8 heteroatoms. The number of amides is 2. The number of carbonyl (C=O) groups excluding carboxylic acids is 3.